The molecule has 2 aliphatic rings. The van der Waals surface area contributed by atoms with Crippen LogP contribution in [0.25, 0.3) is 0 Å². The van der Waals surface area contributed by atoms with Gasteiger partial charge in [-0.05, 0) is 60.7 Å². The Kier molecular flexibility index (Phi) is 7.43. The molecule has 1 saturated carbocycles. The minimum Gasteiger partial charge on any atom is -0.457 e. The number of Topliss-reactive ketones (excluding diaryl/α,β-unsaturated/α-hetero) is 1. The SMILES string of the molecule is C#CCN1CCN(C(=O)c2ccc(Oc3ccc(C4CCC(=O)CC4)cc3CO)cc2)CC1. The molecule has 0 atom stereocenters. The van der Waals surface area contributed by atoms with E-state index in [1.807, 2.05) is 23.1 Å². The van der Waals surface area contributed by atoms with Gasteiger partial charge in [-0.25, -0.2) is 0 Å². The average Bonchev–Trinajstić information content (AvgIpc) is 2.85. The molecule has 0 radical (unpaired) electrons. The Morgan fingerprint density at radius 3 is 2.39 bits per heavy atom. The Hall–Kier alpha value is -3.14. The number of aliphatic hydroxyl groups excluding tert-OH is 1. The monoisotopic (exact) mass is 446 g/mol. The number of carbonyl (C=O) groups is 2. The predicted octanol–water partition coefficient (Wildman–Crippen LogP) is 3.59. The van der Waals surface area contributed by atoms with Crippen molar-refractivity contribution in [3.05, 3.63) is 59.2 Å². The molecule has 33 heavy (non-hydrogen) atoms. The van der Waals surface area contributed by atoms with Crippen LogP contribution in [-0.2, 0) is 11.4 Å². The van der Waals surface area contributed by atoms with E-state index < -0.39 is 0 Å². The second kappa shape index (κ2) is 10.7. The van der Waals surface area contributed by atoms with Gasteiger partial charge >= 0.3 is 0 Å². The number of hydrogen-bond donors (Lipinski definition) is 1. The van der Waals surface area contributed by atoms with E-state index in [0.717, 1.165) is 37.1 Å². The minimum absolute atomic E-state index is 0.00766. The molecule has 0 unspecified atom stereocenters. The fourth-order valence-electron chi connectivity index (χ4n) is 4.56. The number of terminal acetylenes is 1. The Morgan fingerprint density at radius 2 is 1.76 bits per heavy atom. The molecule has 1 aliphatic carbocycles. The number of aliphatic hydroxyl groups is 1. The first-order valence-electron chi connectivity index (χ1n) is 11.6. The molecule has 6 heteroatoms. The number of rotatable bonds is 6. The second-order valence-electron chi connectivity index (χ2n) is 8.74. The molecule has 1 saturated heterocycles. The molecule has 0 aromatic heterocycles. The molecule has 1 heterocycles. The van der Waals surface area contributed by atoms with Crippen molar-refractivity contribution in [1.82, 2.24) is 9.80 Å². The van der Waals surface area contributed by atoms with Gasteiger partial charge in [-0.15, -0.1) is 6.42 Å². The summed E-state index contributed by atoms with van der Waals surface area (Å²) in [5, 5.41) is 9.88. The lowest BCUT2D eigenvalue weighted by molar-refractivity contribution is -0.120. The van der Waals surface area contributed by atoms with Crippen molar-refractivity contribution in [2.24, 2.45) is 0 Å². The normalized spacial score (nSPS) is 17.6. The lowest BCUT2D eigenvalue weighted by Crippen LogP contribution is -2.48. The molecule has 0 spiro atoms. The fourth-order valence-corrected chi connectivity index (χ4v) is 4.56. The van der Waals surface area contributed by atoms with Crippen molar-refractivity contribution in [2.75, 3.05) is 32.7 Å². The number of ketones is 1. The maximum absolute atomic E-state index is 12.8. The molecular formula is C27H30N2O4. The van der Waals surface area contributed by atoms with Crippen LogP contribution >= 0.6 is 0 Å². The zero-order valence-corrected chi connectivity index (χ0v) is 18.8. The third kappa shape index (κ3) is 5.62. The summed E-state index contributed by atoms with van der Waals surface area (Å²) in [5.41, 5.74) is 2.48. The van der Waals surface area contributed by atoms with E-state index in [2.05, 4.69) is 10.8 Å². The predicted molar refractivity (Wildman–Crippen MR) is 126 cm³/mol. The maximum atomic E-state index is 12.8. The van der Waals surface area contributed by atoms with E-state index in [0.29, 0.717) is 61.2 Å². The zero-order valence-electron chi connectivity index (χ0n) is 18.8. The summed E-state index contributed by atoms with van der Waals surface area (Å²) < 4.78 is 6.02. The first kappa shape index (κ1) is 23.0. The third-order valence-electron chi connectivity index (χ3n) is 6.57. The summed E-state index contributed by atoms with van der Waals surface area (Å²) in [6, 6.07) is 13.0. The van der Waals surface area contributed by atoms with E-state index in [9.17, 15) is 14.7 Å². The number of nitrogens with zero attached hydrogens (tertiary/aromatic N) is 2. The van der Waals surface area contributed by atoms with Gasteiger partial charge in [0.1, 0.15) is 17.3 Å². The highest BCUT2D eigenvalue weighted by molar-refractivity contribution is 5.94. The van der Waals surface area contributed by atoms with Crippen LogP contribution in [0.1, 0.15) is 53.1 Å². The van der Waals surface area contributed by atoms with Crippen LogP contribution in [0, 0.1) is 12.3 Å². The number of hydrogen-bond acceptors (Lipinski definition) is 5. The molecule has 2 aromatic carbocycles. The van der Waals surface area contributed by atoms with Crippen molar-refractivity contribution < 1.29 is 19.4 Å². The van der Waals surface area contributed by atoms with E-state index in [1.165, 1.54) is 0 Å². The van der Waals surface area contributed by atoms with Gasteiger partial charge in [0.05, 0.1) is 13.2 Å². The second-order valence-corrected chi connectivity index (χ2v) is 8.74. The van der Waals surface area contributed by atoms with Gasteiger partial charge in [0.25, 0.3) is 5.91 Å². The molecule has 2 aromatic rings. The van der Waals surface area contributed by atoms with E-state index in [-0.39, 0.29) is 12.5 Å². The summed E-state index contributed by atoms with van der Waals surface area (Å²) in [5.74, 6) is 4.54. The molecule has 172 valence electrons. The minimum atomic E-state index is -0.128. The third-order valence-corrected chi connectivity index (χ3v) is 6.57. The standard InChI is InChI=1S/C27H30N2O4/c1-2-13-28-14-16-29(17-15-28)27(32)21-5-10-25(11-6-21)33-26-12-7-22(18-23(26)19-30)20-3-8-24(31)9-4-20/h1,5-7,10-12,18,20,30H,3-4,8-9,13-17,19H2. The number of carbonyl (C=O) groups excluding carboxylic acids is 2. The van der Waals surface area contributed by atoms with Gasteiger partial charge < -0.3 is 14.7 Å². The number of ether oxygens (including phenoxy) is 1. The molecule has 6 nitrogen and oxygen atoms in total. The summed E-state index contributed by atoms with van der Waals surface area (Å²) in [6.45, 7) is 3.39. The average molecular weight is 447 g/mol. The van der Waals surface area contributed by atoms with Crippen LogP contribution in [0.2, 0.25) is 0 Å². The number of benzene rings is 2. The van der Waals surface area contributed by atoms with Crippen LogP contribution in [0.15, 0.2) is 42.5 Å². The largest absolute Gasteiger partial charge is 0.457 e. The lowest BCUT2D eigenvalue weighted by Gasteiger charge is -2.33. The summed E-state index contributed by atoms with van der Waals surface area (Å²) in [6.07, 6.45) is 8.34. The highest BCUT2D eigenvalue weighted by atomic mass is 16.5. The van der Waals surface area contributed by atoms with Crippen molar-refractivity contribution in [2.45, 2.75) is 38.2 Å². The first-order valence-corrected chi connectivity index (χ1v) is 11.6. The quantitative estimate of drug-likeness (QED) is 0.687. The Bertz CT molecular complexity index is 1020. The van der Waals surface area contributed by atoms with E-state index in [1.54, 1.807) is 24.3 Å². The highest BCUT2D eigenvalue weighted by Crippen LogP contribution is 2.35. The Labute approximate surface area is 195 Å². The first-order chi connectivity index (χ1) is 16.1. The molecule has 1 N–H and O–H groups in total. The molecule has 4 rings (SSSR count). The van der Waals surface area contributed by atoms with E-state index in [4.69, 9.17) is 11.2 Å². The van der Waals surface area contributed by atoms with E-state index >= 15 is 0 Å². The molecule has 1 amide bonds. The Morgan fingerprint density at radius 1 is 1.06 bits per heavy atom. The lowest BCUT2D eigenvalue weighted by atomic mass is 9.83. The van der Waals surface area contributed by atoms with Crippen LogP contribution in [0.3, 0.4) is 0 Å². The zero-order chi connectivity index (χ0) is 23.2. The topological polar surface area (TPSA) is 70.1 Å². The van der Waals surface area contributed by atoms with Crippen LogP contribution in [0.5, 0.6) is 11.5 Å². The van der Waals surface area contributed by atoms with Gasteiger partial charge in [-0.1, -0.05) is 12.0 Å². The van der Waals surface area contributed by atoms with Crippen LogP contribution in [0.4, 0.5) is 0 Å². The summed E-state index contributed by atoms with van der Waals surface area (Å²) in [4.78, 5) is 28.4. The van der Waals surface area contributed by atoms with Gasteiger partial charge in [0.15, 0.2) is 0 Å². The van der Waals surface area contributed by atoms with Crippen LogP contribution < -0.4 is 4.74 Å². The van der Waals surface area contributed by atoms with Crippen molar-refractivity contribution in [3.63, 3.8) is 0 Å². The van der Waals surface area contributed by atoms with Gasteiger partial charge in [0, 0.05) is 50.1 Å². The smallest absolute Gasteiger partial charge is 0.253 e. The fraction of sp³-hybridized carbons (Fsp3) is 0.407. The molecule has 0 bridgehead atoms. The summed E-state index contributed by atoms with van der Waals surface area (Å²) in [7, 11) is 0. The van der Waals surface area contributed by atoms with Crippen molar-refractivity contribution >= 4 is 11.7 Å². The summed E-state index contributed by atoms with van der Waals surface area (Å²) >= 11 is 0. The van der Waals surface area contributed by atoms with Crippen molar-refractivity contribution in [3.8, 4) is 23.8 Å². The number of amides is 1. The van der Waals surface area contributed by atoms with Gasteiger partial charge in [0.2, 0.25) is 0 Å². The Balaban J connectivity index is 1.39. The molecular weight excluding hydrogens is 416 g/mol. The highest BCUT2D eigenvalue weighted by Gasteiger charge is 2.23. The molecule has 2 fully saturated rings. The molecule has 1 aliphatic heterocycles. The maximum Gasteiger partial charge on any atom is 0.253 e. The van der Waals surface area contributed by atoms with Gasteiger partial charge in [-0.3, -0.25) is 14.5 Å². The number of piperazine rings is 1. The van der Waals surface area contributed by atoms with Gasteiger partial charge in [-0.2, -0.15) is 0 Å². The van der Waals surface area contributed by atoms with Crippen LogP contribution in [-0.4, -0.2) is 59.3 Å². The van der Waals surface area contributed by atoms with Crippen molar-refractivity contribution in [1.29, 1.82) is 0 Å².